The predicted molar refractivity (Wildman–Crippen MR) is 123 cm³/mol. The van der Waals surface area contributed by atoms with Gasteiger partial charge in [-0.3, -0.25) is 9.52 Å². The monoisotopic (exact) mass is 489 g/mol. The highest BCUT2D eigenvalue weighted by Gasteiger charge is 2.18. The molecule has 0 aliphatic rings. The van der Waals surface area contributed by atoms with E-state index < -0.39 is 28.4 Å². The van der Waals surface area contributed by atoms with Gasteiger partial charge in [-0.05, 0) is 60.7 Å². The van der Waals surface area contributed by atoms with E-state index in [1.165, 1.54) is 56.7 Å². The maximum absolute atomic E-state index is 12.7. The molecule has 3 rings (SSSR count). The second-order valence-corrected chi connectivity index (χ2v) is 8.80. The van der Waals surface area contributed by atoms with Gasteiger partial charge in [0, 0.05) is 11.3 Å². The number of carbonyl (C=O) groups is 2. The summed E-state index contributed by atoms with van der Waals surface area (Å²) in [4.78, 5) is 24.6. The van der Waals surface area contributed by atoms with Gasteiger partial charge in [0.15, 0.2) is 12.4 Å². The van der Waals surface area contributed by atoms with Crippen molar-refractivity contribution in [3.05, 3.63) is 82.9 Å². The van der Waals surface area contributed by atoms with Crippen molar-refractivity contribution in [1.82, 2.24) is 0 Å². The molecule has 0 saturated carbocycles. The summed E-state index contributed by atoms with van der Waals surface area (Å²) < 4.78 is 43.0. The number of nitrogens with one attached hydrogen (secondary N) is 1. The van der Waals surface area contributed by atoms with E-state index in [0.29, 0.717) is 17.2 Å². The van der Waals surface area contributed by atoms with Crippen LogP contribution in [0.3, 0.4) is 0 Å². The van der Waals surface area contributed by atoms with E-state index in [0.717, 1.165) is 0 Å². The lowest BCUT2D eigenvalue weighted by Gasteiger charge is -2.10. The van der Waals surface area contributed by atoms with Crippen LogP contribution in [0.5, 0.6) is 11.5 Å². The molecule has 0 bridgehead atoms. The lowest BCUT2D eigenvalue weighted by atomic mass is 10.1. The van der Waals surface area contributed by atoms with Crippen molar-refractivity contribution in [3.63, 3.8) is 0 Å². The highest BCUT2D eigenvalue weighted by molar-refractivity contribution is 7.92. The first kappa shape index (κ1) is 24.1. The summed E-state index contributed by atoms with van der Waals surface area (Å²) in [6, 6.07) is 16.1. The smallest absolute Gasteiger partial charge is 0.338 e. The fourth-order valence-corrected chi connectivity index (χ4v) is 4.16. The van der Waals surface area contributed by atoms with Crippen molar-refractivity contribution in [2.75, 3.05) is 25.5 Å². The predicted octanol–water partition coefficient (Wildman–Crippen LogP) is 4.20. The van der Waals surface area contributed by atoms with E-state index in [2.05, 4.69) is 4.72 Å². The zero-order valence-electron chi connectivity index (χ0n) is 17.7. The molecule has 0 heterocycles. The molecule has 10 heteroatoms. The third-order valence-electron chi connectivity index (χ3n) is 4.53. The number of halogens is 1. The summed E-state index contributed by atoms with van der Waals surface area (Å²) in [6.45, 7) is -0.539. The highest BCUT2D eigenvalue weighted by Crippen LogP contribution is 2.25. The van der Waals surface area contributed by atoms with E-state index in [-0.39, 0.29) is 21.0 Å². The Morgan fingerprint density at radius 1 is 0.909 bits per heavy atom. The van der Waals surface area contributed by atoms with Crippen LogP contribution in [-0.4, -0.2) is 41.0 Å². The molecule has 0 spiro atoms. The summed E-state index contributed by atoms with van der Waals surface area (Å²) in [6.07, 6.45) is 0. The Hall–Kier alpha value is -3.56. The van der Waals surface area contributed by atoms with E-state index in [1.54, 1.807) is 24.3 Å². The molecule has 3 aromatic rings. The van der Waals surface area contributed by atoms with Crippen LogP contribution < -0.4 is 14.2 Å². The Labute approximate surface area is 196 Å². The van der Waals surface area contributed by atoms with E-state index in [1.807, 2.05) is 0 Å². The summed E-state index contributed by atoms with van der Waals surface area (Å²) >= 11 is 6.01. The van der Waals surface area contributed by atoms with Crippen LogP contribution in [-0.2, 0) is 14.8 Å². The van der Waals surface area contributed by atoms with Gasteiger partial charge in [0.2, 0.25) is 0 Å². The van der Waals surface area contributed by atoms with E-state index in [9.17, 15) is 18.0 Å². The normalized spacial score (nSPS) is 10.9. The zero-order chi connectivity index (χ0) is 24.0. The van der Waals surface area contributed by atoms with Crippen LogP contribution in [0.2, 0.25) is 5.02 Å². The lowest BCUT2D eigenvalue weighted by Crippen LogP contribution is -2.16. The van der Waals surface area contributed by atoms with Crippen molar-refractivity contribution in [1.29, 1.82) is 0 Å². The SMILES string of the molecule is COc1ccc(NS(=O)(=O)c2cccc(C(=O)OCC(=O)c3ccc(OC)c(Cl)c3)c2)cc1. The zero-order valence-corrected chi connectivity index (χ0v) is 19.3. The fraction of sp³-hybridized carbons (Fsp3) is 0.130. The number of hydrogen-bond acceptors (Lipinski definition) is 7. The molecule has 0 atom stereocenters. The Bertz CT molecular complexity index is 1270. The Kier molecular flexibility index (Phi) is 7.57. The van der Waals surface area contributed by atoms with Gasteiger partial charge in [0.1, 0.15) is 11.5 Å². The third kappa shape index (κ3) is 6.03. The fourth-order valence-electron chi connectivity index (χ4n) is 2.80. The topological polar surface area (TPSA) is 108 Å². The number of esters is 1. The summed E-state index contributed by atoms with van der Waals surface area (Å²) in [5, 5.41) is 0.247. The largest absolute Gasteiger partial charge is 0.497 e. The number of rotatable bonds is 9. The lowest BCUT2D eigenvalue weighted by molar-refractivity contribution is 0.0474. The minimum absolute atomic E-state index is 0.0202. The highest BCUT2D eigenvalue weighted by atomic mass is 35.5. The Morgan fingerprint density at radius 2 is 1.64 bits per heavy atom. The third-order valence-corrected chi connectivity index (χ3v) is 6.20. The molecule has 0 saturated heterocycles. The molecule has 1 N–H and O–H groups in total. The minimum Gasteiger partial charge on any atom is -0.497 e. The number of ketones is 1. The van der Waals surface area contributed by atoms with Crippen LogP contribution in [0.25, 0.3) is 0 Å². The van der Waals surface area contributed by atoms with Crippen molar-refractivity contribution in [2.24, 2.45) is 0 Å². The molecule has 0 radical (unpaired) electrons. The van der Waals surface area contributed by atoms with Gasteiger partial charge in [0.25, 0.3) is 10.0 Å². The molecule has 0 amide bonds. The molecule has 0 aliphatic carbocycles. The van der Waals surface area contributed by atoms with Gasteiger partial charge in [-0.15, -0.1) is 0 Å². The second-order valence-electron chi connectivity index (χ2n) is 6.71. The molecule has 0 fully saturated rings. The first-order chi connectivity index (χ1) is 15.7. The average molecular weight is 490 g/mol. The van der Waals surface area contributed by atoms with Crippen LogP contribution in [0.1, 0.15) is 20.7 Å². The minimum atomic E-state index is -3.97. The maximum Gasteiger partial charge on any atom is 0.338 e. The van der Waals surface area contributed by atoms with Crippen LogP contribution in [0, 0.1) is 0 Å². The quantitative estimate of drug-likeness (QED) is 0.354. The molecule has 8 nitrogen and oxygen atoms in total. The van der Waals surface area contributed by atoms with Gasteiger partial charge >= 0.3 is 5.97 Å². The maximum atomic E-state index is 12.7. The number of methoxy groups -OCH3 is 2. The van der Waals surface area contributed by atoms with E-state index in [4.69, 9.17) is 25.8 Å². The Morgan fingerprint density at radius 3 is 2.27 bits per heavy atom. The number of ether oxygens (including phenoxy) is 3. The number of sulfonamides is 1. The van der Waals surface area contributed by atoms with Crippen molar-refractivity contribution < 1.29 is 32.2 Å². The molecule has 0 aromatic heterocycles. The summed E-state index contributed by atoms with van der Waals surface area (Å²) in [5.74, 6) is -0.331. The standard InChI is InChI=1S/C23H20ClNO7S/c1-30-18-9-7-17(8-10-18)25-33(28,29)19-5-3-4-16(12-19)23(27)32-14-21(26)15-6-11-22(31-2)20(24)13-15/h3-13,25H,14H2,1-2H3. The molecule has 3 aromatic carbocycles. The van der Waals surface area contributed by atoms with Crippen molar-refractivity contribution in [2.45, 2.75) is 4.90 Å². The van der Waals surface area contributed by atoms with Crippen LogP contribution in [0.4, 0.5) is 5.69 Å². The first-order valence-corrected chi connectivity index (χ1v) is 11.4. The number of hydrogen-bond donors (Lipinski definition) is 1. The Balaban J connectivity index is 1.68. The van der Waals surface area contributed by atoms with Crippen LogP contribution in [0.15, 0.2) is 71.6 Å². The summed E-state index contributed by atoms with van der Waals surface area (Å²) in [5.41, 5.74) is 0.550. The van der Waals surface area contributed by atoms with Gasteiger partial charge < -0.3 is 14.2 Å². The van der Waals surface area contributed by atoms with Gasteiger partial charge in [-0.25, -0.2) is 13.2 Å². The molecule has 172 valence electrons. The summed E-state index contributed by atoms with van der Waals surface area (Å²) in [7, 11) is -1.01. The first-order valence-electron chi connectivity index (χ1n) is 9.54. The molecular weight excluding hydrogens is 470 g/mol. The number of benzene rings is 3. The van der Waals surface area contributed by atoms with E-state index >= 15 is 0 Å². The molecule has 33 heavy (non-hydrogen) atoms. The molecule has 0 unspecified atom stereocenters. The van der Waals surface area contributed by atoms with Gasteiger partial charge in [0.05, 0.1) is 29.7 Å². The molecular formula is C23H20ClNO7S. The number of carbonyl (C=O) groups excluding carboxylic acids is 2. The van der Waals surface area contributed by atoms with Crippen molar-refractivity contribution >= 4 is 39.1 Å². The number of Topliss-reactive ketones (excluding diaryl/α,β-unsaturated/α-hetero) is 1. The average Bonchev–Trinajstić information content (AvgIpc) is 2.82. The van der Waals surface area contributed by atoms with Gasteiger partial charge in [-0.1, -0.05) is 17.7 Å². The molecule has 0 aliphatic heterocycles. The number of anilines is 1. The van der Waals surface area contributed by atoms with Gasteiger partial charge in [-0.2, -0.15) is 0 Å². The second kappa shape index (κ2) is 10.4. The van der Waals surface area contributed by atoms with Crippen molar-refractivity contribution in [3.8, 4) is 11.5 Å². The van der Waals surface area contributed by atoms with Crippen LogP contribution >= 0.6 is 11.6 Å².